The Hall–Kier alpha value is -1.91. The van der Waals surface area contributed by atoms with Gasteiger partial charge in [-0.05, 0) is 26.0 Å². The van der Waals surface area contributed by atoms with E-state index in [2.05, 4.69) is 23.9 Å². The van der Waals surface area contributed by atoms with Crippen LogP contribution in [0.2, 0.25) is 0 Å². The third kappa shape index (κ3) is 1.88. The average Bonchev–Trinajstić information content (AvgIpc) is 2.86. The van der Waals surface area contributed by atoms with Crippen molar-refractivity contribution in [2.45, 2.75) is 26.4 Å². The molecule has 5 heteroatoms. The predicted molar refractivity (Wildman–Crippen MR) is 59.3 cm³/mol. The van der Waals surface area contributed by atoms with Gasteiger partial charge < -0.3 is 4.57 Å². The molecule has 0 aliphatic carbocycles. The van der Waals surface area contributed by atoms with Gasteiger partial charge in [-0.1, -0.05) is 0 Å². The Kier molecular flexibility index (Phi) is 2.85. The van der Waals surface area contributed by atoms with Crippen LogP contribution in [0, 0.1) is 0 Å². The van der Waals surface area contributed by atoms with Gasteiger partial charge in [0.25, 0.3) is 0 Å². The lowest BCUT2D eigenvalue weighted by molar-refractivity contribution is 0.111. The highest BCUT2D eigenvalue weighted by molar-refractivity contribution is 5.72. The third-order valence-corrected chi connectivity index (χ3v) is 2.43. The summed E-state index contributed by atoms with van der Waals surface area (Å²) in [5.41, 5.74) is 0.651. The SMILES string of the molecule is CC(C)n1ncnc1Cn1cccc1C=O. The molecule has 0 spiro atoms. The molecule has 0 fully saturated rings. The summed E-state index contributed by atoms with van der Waals surface area (Å²) in [6.07, 6.45) is 4.25. The van der Waals surface area contributed by atoms with Crippen LogP contribution < -0.4 is 0 Å². The van der Waals surface area contributed by atoms with Gasteiger partial charge in [0.2, 0.25) is 0 Å². The Bertz CT molecular complexity index is 484. The van der Waals surface area contributed by atoms with Crippen LogP contribution in [0.1, 0.15) is 36.2 Å². The largest absolute Gasteiger partial charge is 0.338 e. The van der Waals surface area contributed by atoms with Gasteiger partial charge in [-0.2, -0.15) is 5.10 Å². The fourth-order valence-corrected chi connectivity index (χ4v) is 1.65. The molecule has 2 rings (SSSR count). The second-order valence-corrected chi connectivity index (χ2v) is 3.89. The van der Waals surface area contributed by atoms with Gasteiger partial charge in [0.05, 0.1) is 12.2 Å². The van der Waals surface area contributed by atoms with Crippen molar-refractivity contribution in [1.29, 1.82) is 0 Å². The maximum Gasteiger partial charge on any atom is 0.166 e. The summed E-state index contributed by atoms with van der Waals surface area (Å²) >= 11 is 0. The predicted octanol–water partition coefficient (Wildman–Crippen LogP) is 1.52. The summed E-state index contributed by atoms with van der Waals surface area (Å²) < 4.78 is 3.71. The monoisotopic (exact) mass is 218 g/mol. The number of hydrogen-bond donors (Lipinski definition) is 0. The van der Waals surface area contributed by atoms with Crippen LogP contribution in [0.4, 0.5) is 0 Å². The van der Waals surface area contributed by atoms with Crippen LogP contribution in [-0.4, -0.2) is 25.6 Å². The maximum absolute atomic E-state index is 10.8. The van der Waals surface area contributed by atoms with E-state index in [4.69, 9.17) is 0 Å². The molecule has 0 saturated heterocycles. The average molecular weight is 218 g/mol. The first-order chi connectivity index (χ1) is 7.72. The fraction of sp³-hybridized carbons (Fsp3) is 0.364. The minimum absolute atomic E-state index is 0.271. The first-order valence-electron chi connectivity index (χ1n) is 5.21. The van der Waals surface area contributed by atoms with Crippen LogP contribution in [0.3, 0.4) is 0 Å². The zero-order chi connectivity index (χ0) is 11.5. The highest BCUT2D eigenvalue weighted by Gasteiger charge is 2.09. The molecule has 0 aliphatic rings. The summed E-state index contributed by atoms with van der Waals surface area (Å²) in [5.74, 6) is 0.856. The highest BCUT2D eigenvalue weighted by Crippen LogP contribution is 2.08. The van der Waals surface area contributed by atoms with Crippen molar-refractivity contribution in [3.63, 3.8) is 0 Å². The van der Waals surface area contributed by atoms with Crippen molar-refractivity contribution in [1.82, 2.24) is 19.3 Å². The molecule has 0 unspecified atom stereocenters. The Morgan fingerprint density at radius 1 is 1.50 bits per heavy atom. The summed E-state index contributed by atoms with van der Waals surface area (Å²) in [7, 11) is 0. The lowest BCUT2D eigenvalue weighted by Gasteiger charge is -2.10. The topological polar surface area (TPSA) is 52.7 Å². The summed E-state index contributed by atoms with van der Waals surface area (Å²) in [4.78, 5) is 15.0. The van der Waals surface area contributed by atoms with Gasteiger partial charge in [-0.15, -0.1) is 0 Å². The second kappa shape index (κ2) is 4.30. The van der Waals surface area contributed by atoms with Crippen molar-refractivity contribution in [3.05, 3.63) is 36.2 Å². The molecule has 2 aromatic heterocycles. The molecule has 16 heavy (non-hydrogen) atoms. The van der Waals surface area contributed by atoms with E-state index < -0.39 is 0 Å². The van der Waals surface area contributed by atoms with Crippen LogP contribution in [0.25, 0.3) is 0 Å². The van der Waals surface area contributed by atoms with Crippen molar-refractivity contribution in [3.8, 4) is 0 Å². The third-order valence-electron chi connectivity index (χ3n) is 2.43. The van der Waals surface area contributed by atoms with Crippen LogP contribution in [0.5, 0.6) is 0 Å². The van der Waals surface area contributed by atoms with Crippen molar-refractivity contribution >= 4 is 6.29 Å². The van der Waals surface area contributed by atoms with Crippen molar-refractivity contribution < 1.29 is 4.79 Å². The van der Waals surface area contributed by atoms with Gasteiger partial charge in [-0.25, -0.2) is 9.67 Å². The number of aromatic nitrogens is 4. The van der Waals surface area contributed by atoms with E-state index in [0.717, 1.165) is 12.1 Å². The Balaban J connectivity index is 2.27. The molecule has 0 saturated carbocycles. The second-order valence-electron chi connectivity index (χ2n) is 3.89. The van der Waals surface area contributed by atoms with Gasteiger partial charge in [0.15, 0.2) is 6.29 Å². The molecular weight excluding hydrogens is 204 g/mol. The zero-order valence-corrected chi connectivity index (χ0v) is 9.37. The minimum atomic E-state index is 0.271. The van der Waals surface area contributed by atoms with Gasteiger partial charge in [0, 0.05) is 12.2 Å². The fourth-order valence-electron chi connectivity index (χ4n) is 1.65. The van der Waals surface area contributed by atoms with E-state index in [0.29, 0.717) is 12.2 Å². The van der Waals surface area contributed by atoms with E-state index in [9.17, 15) is 4.79 Å². The minimum Gasteiger partial charge on any atom is -0.338 e. The summed E-state index contributed by atoms with van der Waals surface area (Å²) in [5, 5.41) is 4.16. The van der Waals surface area contributed by atoms with E-state index in [-0.39, 0.29) is 6.04 Å². The molecular formula is C11H14N4O. The smallest absolute Gasteiger partial charge is 0.166 e. The number of hydrogen-bond acceptors (Lipinski definition) is 3. The normalized spacial score (nSPS) is 10.9. The standard InChI is InChI=1S/C11H14N4O/c1-9(2)15-11(12-8-13-15)6-14-5-3-4-10(14)7-16/h3-5,7-9H,6H2,1-2H3. The van der Waals surface area contributed by atoms with Crippen LogP contribution >= 0.6 is 0 Å². The zero-order valence-electron chi connectivity index (χ0n) is 9.37. The lowest BCUT2D eigenvalue weighted by Crippen LogP contribution is -2.12. The van der Waals surface area contributed by atoms with E-state index in [1.165, 1.54) is 0 Å². The van der Waals surface area contributed by atoms with Crippen molar-refractivity contribution in [2.24, 2.45) is 0 Å². The van der Waals surface area contributed by atoms with E-state index in [1.54, 1.807) is 12.4 Å². The molecule has 0 aromatic carbocycles. The summed E-state index contributed by atoms with van der Waals surface area (Å²) in [6, 6.07) is 3.90. The Morgan fingerprint density at radius 3 is 3.00 bits per heavy atom. The van der Waals surface area contributed by atoms with Crippen LogP contribution in [-0.2, 0) is 6.54 Å². The van der Waals surface area contributed by atoms with E-state index >= 15 is 0 Å². The first kappa shape index (κ1) is 10.6. The molecule has 0 radical (unpaired) electrons. The summed E-state index contributed by atoms with van der Waals surface area (Å²) in [6.45, 7) is 4.67. The van der Waals surface area contributed by atoms with Gasteiger partial charge in [-0.3, -0.25) is 4.79 Å². The molecule has 84 valence electrons. The Morgan fingerprint density at radius 2 is 2.31 bits per heavy atom. The molecule has 2 heterocycles. The molecule has 0 amide bonds. The maximum atomic E-state index is 10.8. The van der Waals surface area contributed by atoms with E-state index in [1.807, 2.05) is 21.5 Å². The molecule has 0 N–H and O–H groups in total. The number of nitrogens with zero attached hydrogens (tertiary/aromatic N) is 4. The van der Waals surface area contributed by atoms with Crippen LogP contribution in [0.15, 0.2) is 24.7 Å². The molecule has 0 atom stereocenters. The Labute approximate surface area is 93.7 Å². The number of rotatable bonds is 4. The highest BCUT2D eigenvalue weighted by atomic mass is 16.1. The van der Waals surface area contributed by atoms with Gasteiger partial charge >= 0.3 is 0 Å². The quantitative estimate of drug-likeness (QED) is 0.731. The molecule has 0 bridgehead atoms. The van der Waals surface area contributed by atoms with Crippen molar-refractivity contribution in [2.75, 3.05) is 0 Å². The molecule has 5 nitrogen and oxygen atoms in total. The molecule has 0 aliphatic heterocycles. The lowest BCUT2D eigenvalue weighted by atomic mass is 10.4. The number of aldehydes is 1. The first-order valence-corrected chi connectivity index (χ1v) is 5.21. The molecule has 2 aromatic rings. The number of carbonyl (C=O) groups excluding carboxylic acids is 1. The van der Waals surface area contributed by atoms with Gasteiger partial charge in [0.1, 0.15) is 12.2 Å². The number of carbonyl (C=O) groups is 1.